The van der Waals surface area contributed by atoms with Crippen LogP contribution in [0, 0.1) is 19.7 Å². The summed E-state index contributed by atoms with van der Waals surface area (Å²) in [5.74, 6) is -0.492. The minimum Gasteiger partial charge on any atom is -0.287 e. The monoisotopic (exact) mass is 444 g/mol. The topological polar surface area (TPSA) is 57.7 Å². The molecule has 154 valence electrons. The zero-order chi connectivity index (χ0) is 21.6. The molecular weight excluding hydrogens is 427 g/mol. The lowest BCUT2D eigenvalue weighted by atomic mass is 10.1. The second kappa shape index (κ2) is 7.41. The molecule has 8 heteroatoms. The third-order valence-electron chi connectivity index (χ3n) is 4.86. The molecule has 0 saturated heterocycles. The van der Waals surface area contributed by atoms with Crippen molar-refractivity contribution < 1.29 is 17.6 Å². The SMILES string of the molecule is Cc1cc(C)cc(N2C(=O)N(Cc3ccc(F)cc3Cl)c3ccccc3S2(=O)=O)c1. The van der Waals surface area contributed by atoms with E-state index in [1.54, 1.807) is 30.3 Å². The number of fused-ring (bicyclic) bond motifs is 1. The van der Waals surface area contributed by atoms with E-state index in [9.17, 15) is 17.6 Å². The Kier molecular flexibility index (Phi) is 5.03. The number of nitrogens with zero attached hydrogens (tertiary/aromatic N) is 2. The molecular formula is C22H18ClFN2O3S. The standard InChI is InChI=1S/C22H18ClFN2O3S/c1-14-9-15(2)11-18(10-14)26-22(27)25(13-16-7-8-17(24)12-19(16)23)20-5-3-4-6-21(20)30(26,28)29/h3-12H,13H2,1-2H3. The van der Waals surface area contributed by atoms with Gasteiger partial charge in [0.05, 0.1) is 17.9 Å². The van der Waals surface area contributed by atoms with Gasteiger partial charge in [0.2, 0.25) is 0 Å². The van der Waals surface area contributed by atoms with Crippen molar-refractivity contribution in [3.8, 4) is 0 Å². The van der Waals surface area contributed by atoms with Gasteiger partial charge in [-0.2, -0.15) is 4.31 Å². The molecule has 1 aliphatic heterocycles. The zero-order valence-electron chi connectivity index (χ0n) is 16.3. The summed E-state index contributed by atoms with van der Waals surface area (Å²) in [4.78, 5) is 14.8. The summed E-state index contributed by atoms with van der Waals surface area (Å²) in [6.07, 6.45) is 0. The number of amides is 2. The summed E-state index contributed by atoms with van der Waals surface area (Å²) in [6, 6.07) is 14.7. The van der Waals surface area contributed by atoms with Crippen LogP contribution in [0.15, 0.2) is 65.6 Å². The van der Waals surface area contributed by atoms with Crippen molar-refractivity contribution >= 4 is 39.0 Å². The predicted molar refractivity (Wildman–Crippen MR) is 115 cm³/mol. The van der Waals surface area contributed by atoms with Crippen LogP contribution in [-0.4, -0.2) is 14.4 Å². The number of urea groups is 1. The molecule has 0 bridgehead atoms. The molecule has 0 N–H and O–H groups in total. The molecule has 0 unspecified atom stereocenters. The van der Waals surface area contributed by atoms with Crippen molar-refractivity contribution in [1.29, 1.82) is 0 Å². The van der Waals surface area contributed by atoms with E-state index < -0.39 is 21.9 Å². The molecule has 0 fully saturated rings. The molecule has 0 spiro atoms. The average Bonchev–Trinajstić information content (AvgIpc) is 2.66. The molecule has 5 nitrogen and oxygen atoms in total. The molecule has 0 radical (unpaired) electrons. The molecule has 4 rings (SSSR count). The van der Waals surface area contributed by atoms with Crippen molar-refractivity contribution in [2.75, 3.05) is 9.21 Å². The number of benzene rings is 3. The molecule has 1 aliphatic rings. The Labute approximate surface area is 179 Å². The fraction of sp³-hybridized carbons (Fsp3) is 0.136. The fourth-order valence-corrected chi connectivity index (χ4v) is 5.41. The lowest BCUT2D eigenvalue weighted by Gasteiger charge is -2.36. The van der Waals surface area contributed by atoms with Gasteiger partial charge in [-0.05, 0) is 66.9 Å². The highest BCUT2D eigenvalue weighted by Crippen LogP contribution is 2.38. The Balaban J connectivity index is 1.89. The third-order valence-corrected chi connectivity index (χ3v) is 6.96. The zero-order valence-corrected chi connectivity index (χ0v) is 17.8. The van der Waals surface area contributed by atoms with E-state index in [2.05, 4.69) is 0 Å². The lowest BCUT2D eigenvalue weighted by Crippen LogP contribution is -2.50. The van der Waals surface area contributed by atoms with Crippen LogP contribution in [0.5, 0.6) is 0 Å². The van der Waals surface area contributed by atoms with E-state index in [0.717, 1.165) is 21.5 Å². The average molecular weight is 445 g/mol. The van der Waals surface area contributed by atoms with E-state index in [4.69, 9.17) is 11.6 Å². The van der Waals surface area contributed by atoms with Gasteiger partial charge in [0.25, 0.3) is 10.0 Å². The van der Waals surface area contributed by atoms with Gasteiger partial charge in [0.1, 0.15) is 10.7 Å². The number of carbonyl (C=O) groups is 1. The van der Waals surface area contributed by atoms with Crippen molar-refractivity contribution in [3.05, 3.63) is 88.2 Å². The van der Waals surface area contributed by atoms with Crippen LogP contribution < -0.4 is 9.21 Å². The van der Waals surface area contributed by atoms with Crippen molar-refractivity contribution in [3.63, 3.8) is 0 Å². The summed E-state index contributed by atoms with van der Waals surface area (Å²) in [6.45, 7) is 3.66. The third kappa shape index (κ3) is 3.44. The Morgan fingerprint density at radius 2 is 1.63 bits per heavy atom. The number of carbonyl (C=O) groups excluding carboxylic acids is 1. The number of hydrogen-bond acceptors (Lipinski definition) is 3. The highest BCUT2D eigenvalue weighted by molar-refractivity contribution is 7.94. The maximum absolute atomic E-state index is 13.5. The first-order chi connectivity index (χ1) is 14.2. The van der Waals surface area contributed by atoms with Gasteiger partial charge < -0.3 is 0 Å². The first-order valence-corrected chi connectivity index (χ1v) is 11.0. The summed E-state index contributed by atoms with van der Waals surface area (Å²) in [5.41, 5.74) is 2.69. The van der Waals surface area contributed by atoms with Gasteiger partial charge in [-0.15, -0.1) is 0 Å². The van der Waals surface area contributed by atoms with Crippen LogP contribution >= 0.6 is 11.6 Å². The van der Waals surface area contributed by atoms with Crippen LogP contribution in [0.4, 0.5) is 20.6 Å². The van der Waals surface area contributed by atoms with Crippen LogP contribution in [0.25, 0.3) is 0 Å². The smallest absolute Gasteiger partial charge is 0.287 e. The van der Waals surface area contributed by atoms with Gasteiger partial charge in [-0.25, -0.2) is 17.6 Å². The summed E-state index contributed by atoms with van der Waals surface area (Å²) >= 11 is 6.16. The molecule has 3 aromatic carbocycles. The van der Waals surface area contributed by atoms with Crippen molar-refractivity contribution in [1.82, 2.24) is 0 Å². The van der Waals surface area contributed by atoms with Gasteiger partial charge >= 0.3 is 6.03 Å². The highest BCUT2D eigenvalue weighted by Gasteiger charge is 2.42. The van der Waals surface area contributed by atoms with Gasteiger partial charge in [0.15, 0.2) is 0 Å². The Bertz CT molecular complexity index is 1260. The van der Waals surface area contributed by atoms with Crippen LogP contribution in [-0.2, 0) is 16.6 Å². The number of halogens is 2. The molecule has 0 aromatic heterocycles. The number of para-hydroxylation sites is 1. The first kappa shape index (κ1) is 20.4. The van der Waals surface area contributed by atoms with E-state index in [1.807, 2.05) is 19.9 Å². The highest BCUT2D eigenvalue weighted by atomic mass is 35.5. The van der Waals surface area contributed by atoms with E-state index in [1.165, 1.54) is 23.1 Å². The van der Waals surface area contributed by atoms with Crippen LogP contribution in [0.1, 0.15) is 16.7 Å². The molecule has 30 heavy (non-hydrogen) atoms. The molecule has 3 aromatic rings. The second-order valence-electron chi connectivity index (χ2n) is 7.19. The molecule has 0 atom stereocenters. The predicted octanol–water partition coefficient (Wildman–Crippen LogP) is 5.43. The summed E-state index contributed by atoms with van der Waals surface area (Å²) in [7, 11) is -4.11. The normalized spacial score (nSPS) is 15.3. The second-order valence-corrected chi connectivity index (χ2v) is 9.35. The Morgan fingerprint density at radius 1 is 0.967 bits per heavy atom. The van der Waals surface area contributed by atoms with Gasteiger partial charge in [-0.3, -0.25) is 4.90 Å². The molecule has 2 amide bonds. The van der Waals surface area contributed by atoms with Crippen molar-refractivity contribution in [2.24, 2.45) is 0 Å². The number of anilines is 2. The van der Waals surface area contributed by atoms with Gasteiger partial charge in [0, 0.05) is 5.02 Å². The van der Waals surface area contributed by atoms with Gasteiger partial charge in [-0.1, -0.05) is 35.9 Å². The number of hydrogen-bond donors (Lipinski definition) is 0. The van der Waals surface area contributed by atoms with Crippen LogP contribution in [0.3, 0.4) is 0 Å². The molecule has 0 saturated carbocycles. The van der Waals surface area contributed by atoms with E-state index in [-0.39, 0.29) is 27.8 Å². The lowest BCUT2D eigenvalue weighted by molar-refractivity contribution is 0.253. The maximum Gasteiger partial charge on any atom is 0.343 e. The minimum atomic E-state index is -4.11. The van der Waals surface area contributed by atoms with Crippen LogP contribution in [0.2, 0.25) is 5.02 Å². The molecule has 1 heterocycles. The van der Waals surface area contributed by atoms with Crippen molar-refractivity contribution in [2.45, 2.75) is 25.3 Å². The minimum absolute atomic E-state index is 0.00816. The maximum atomic E-state index is 13.5. The Hall–Kier alpha value is -2.90. The fourth-order valence-electron chi connectivity index (χ4n) is 3.60. The van der Waals surface area contributed by atoms with E-state index >= 15 is 0 Å². The number of aryl methyl sites for hydroxylation is 2. The number of rotatable bonds is 3. The molecule has 0 aliphatic carbocycles. The Morgan fingerprint density at radius 3 is 2.30 bits per heavy atom. The largest absolute Gasteiger partial charge is 0.343 e. The number of sulfonamides is 1. The summed E-state index contributed by atoms with van der Waals surface area (Å²) in [5, 5.41) is 0.159. The summed E-state index contributed by atoms with van der Waals surface area (Å²) < 4.78 is 41.0. The quantitative estimate of drug-likeness (QED) is 0.541. The van der Waals surface area contributed by atoms with E-state index in [0.29, 0.717) is 5.56 Å². The first-order valence-electron chi connectivity index (χ1n) is 9.16.